The number of aliphatic hydroxyl groups excluding tert-OH is 1. The molecule has 11 heavy (non-hydrogen) atoms. The van der Waals surface area contributed by atoms with Gasteiger partial charge in [-0.2, -0.15) is 0 Å². The predicted octanol–water partition coefficient (Wildman–Crippen LogP) is -0.0464. The predicted molar refractivity (Wildman–Crippen MR) is 32.5 cm³/mol. The standard InChI is InChI=1S/C6H4O5/c7-3-1-6(10)11-4(3)2-5(8)9/h1-2,7H,(H,8,9). The van der Waals surface area contributed by atoms with Gasteiger partial charge in [-0.3, -0.25) is 0 Å². The van der Waals surface area contributed by atoms with Crippen molar-refractivity contribution in [3.05, 3.63) is 23.7 Å². The van der Waals surface area contributed by atoms with Gasteiger partial charge in [0.15, 0.2) is 11.5 Å². The van der Waals surface area contributed by atoms with Gasteiger partial charge in [0.2, 0.25) is 0 Å². The first kappa shape index (κ1) is 7.33. The van der Waals surface area contributed by atoms with E-state index in [9.17, 15) is 9.59 Å². The third-order valence-electron chi connectivity index (χ3n) is 0.972. The fourth-order valence-corrected chi connectivity index (χ4v) is 0.588. The molecule has 0 saturated heterocycles. The van der Waals surface area contributed by atoms with Crippen molar-refractivity contribution in [3.63, 3.8) is 0 Å². The molecule has 0 spiro atoms. The van der Waals surface area contributed by atoms with Crippen molar-refractivity contribution in [2.75, 3.05) is 0 Å². The van der Waals surface area contributed by atoms with Crippen molar-refractivity contribution in [3.8, 4) is 0 Å². The van der Waals surface area contributed by atoms with Gasteiger partial charge in [0, 0.05) is 0 Å². The van der Waals surface area contributed by atoms with Crippen LogP contribution < -0.4 is 0 Å². The maximum absolute atomic E-state index is 10.4. The largest absolute Gasteiger partial charge is 0.504 e. The van der Waals surface area contributed by atoms with Crippen molar-refractivity contribution in [1.82, 2.24) is 0 Å². The number of carbonyl (C=O) groups is 2. The van der Waals surface area contributed by atoms with Crippen LogP contribution in [0.5, 0.6) is 0 Å². The van der Waals surface area contributed by atoms with Crippen LogP contribution in [0.4, 0.5) is 0 Å². The van der Waals surface area contributed by atoms with Gasteiger partial charge in [0.25, 0.3) is 0 Å². The lowest BCUT2D eigenvalue weighted by Crippen LogP contribution is -1.96. The minimum absolute atomic E-state index is 0.331. The second kappa shape index (κ2) is 2.45. The molecule has 0 amide bonds. The van der Waals surface area contributed by atoms with E-state index in [1.165, 1.54) is 0 Å². The molecule has 0 atom stereocenters. The molecule has 1 rings (SSSR count). The van der Waals surface area contributed by atoms with Crippen LogP contribution in [0.2, 0.25) is 0 Å². The molecule has 0 aromatic heterocycles. The summed E-state index contributed by atoms with van der Waals surface area (Å²) < 4.78 is 4.28. The molecule has 5 nitrogen and oxygen atoms in total. The number of carboxylic acid groups (broad SMARTS) is 1. The van der Waals surface area contributed by atoms with E-state index < -0.39 is 17.7 Å². The Labute approximate surface area is 61.2 Å². The van der Waals surface area contributed by atoms with E-state index in [1.807, 2.05) is 0 Å². The van der Waals surface area contributed by atoms with Gasteiger partial charge in [-0.25, -0.2) is 9.59 Å². The zero-order chi connectivity index (χ0) is 8.43. The van der Waals surface area contributed by atoms with Gasteiger partial charge in [-0.05, 0) is 0 Å². The Morgan fingerprint density at radius 2 is 2.27 bits per heavy atom. The van der Waals surface area contributed by atoms with Gasteiger partial charge < -0.3 is 14.9 Å². The lowest BCUT2D eigenvalue weighted by atomic mass is 10.4. The SMILES string of the molecule is O=C(O)C=C1OC(=O)C=C1O. The van der Waals surface area contributed by atoms with Crippen LogP contribution in [-0.2, 0) is 14.3 Å². The molecule has 58 valence electrons. The minimum atomic E-state index is -1.28. The molecular weight excluding hydrogens is 152 g/mol. The van der Waals surface area contributed by atoms with Gasteiger partial charge >= 0.3 is 11.9 Å². The van der Waals surface area contributed by atoms with Crippen molar-refractivity contribution >= 4 is 11.9 Å². The monoisotopic (exact) mass is 156 g/mol. The van der Waals surface area contributed by atoms with Crippen LogP contribution in [0.15, 0.2) is 23.7 Å². The molecule has 0 radical (unpaired) electrons. The number of rotatable bonds is 1. The molecule has 5 heteroatoms. The number of cyclic esters (lactones) is 1. The lowest BCUT2D eigenvalue weighted by molar-refractivity contribution is -0.132. The molecule has 0 aliphatic carbocycles. The zero-order valence-corrected chi connectivity index (χ0v) is 5.27. The first-order valence-corrected chi connectivity index (χ1v) is 2.67. The second-order valence-corrected chi connectivity index (χ2v) is 1.80. The summed E-state index contributed by atoms with van der Waals surface area (Å²) in [6, 6.07) is 0. The topological polar surface area (TPSA) is 83.8 Å². The number of ether oxygens (including phenoxy) is 1. The number of aliphatic hydroxyl groups is 1. The summed E-state index contributed by atoms with van der Waals surface area (Å²) in [5, 5.41) is 17.0. The highest BCUT2D eigenvalue weighted by molar-refractivity contribution is 5.90. The average molecular weight is 156 g/mol. The highest BCUT2D eigenvalue weighted by atomic mass is 16.6. The highest BCUT2D eigenvalue weighted by Crippen LogP contribution is 2.15. The third kappa shape index (κ3) is 1.57. The molecule has 1 heterocycles. The lowest BCUT2D eigenvalue weighted by Gasteiger charge is -1.93. The summed E-state index contributed by atoms with van der Waals surface area (Å²) in [5.74, 6) is -2.84. The zero-order valence-electron chi connectivity index (χ0n) is 5.27. The summed E-state index contributed by atoms with van der Waals surface area (Å²) in [6.45, 7) is 0. The molecular formula is C6H4O5. The summed E-state index contributed by atoms with van der Waals surface area (Å²) in [6.07, 6.45) is 1.41. The fourth-order valence-electron chi connectivity index (χ4n) is 0.588. The Hall–Kier alpha value is -1.78. The maximum Gasteiger partial charge on any atom is 0.340 e. The van der Waals surface area contributed by atoms with Crippen LogP contribution in [0.25, 0.3) is 0 Å². The quantitative estimate of drug-likeness (QED) is 0.411. The smallest absolute Gasteiger partial charge is 0.340 e. The summed E-state index contributed by atoms with van der Waals surface area (Å²) in [5.41, 5.74) is 0. The molecule has 0 unspecified atom stereocenters. The van der Waals surface area contributed by atoms with Gasteiger partial charge in [0.05, 0.1) is 12.2 Å². The number of carbonyl (C=O) groups excluding carboxylic acids is 1. The average Bonchev–Trinajstić information content (AvgIpc) is 2.09. The molecule has 0 saturated carbocycles. The van der Waals surface area contributed by atoms with Crippen LogP contribution in [0, 0.1) is 0 Å². The molecule has 2 N–H and O–H groups in total. The Kier molecular flexibility index (Phi) is 1.63. The van der Waals surface area contributed by atoms with Gasteiger partial charge in [-0.15, -0.1) is 0 Å². The van der Waals surface area contributed by atoms with E-state index in [0.29, 0.717) is 6.08 Å². The summed E-state index contributed by atoms with van der Waals surface area (Å²) in [7, 11) is 0. The van der Waals surface area contributed by atoms with E-state index in [4.69, 9.17) is 10.2 Å². The molecule has 1 aliphatic rings. The molecule has 1 aliphatic heterocycles. The maximum atomic E-state index is 10.4. The normalized spacial score (nSPS) is 19.8. The van der Waals surface area contributed by atoms with Gasteiger partial charge in [-0.1, -0.05) is 0 Å². The van der Waals surface area contributed by atoms with E-state index in [0.717, 1.165) is 6.08 Å². The number of carboxylic acids is 1. The number of aliphatic carboxylic acids is 1. The van der Waals surface area contributed by atoms with Crippen LogP contribution in [0.1, 0.15) is 0 Å². The third-order valence-corrected chi connectivity index (χ3v) is 0.972. The first-order chi connectivity index (χ1) is 5.09. The van der Waals surface area contributed by atoms with Crippen molar-refractivity contribution < 1.29 is 24.5 Å². The van der Waals surface area contributed by atoms with E-state index in [2.05, 4.69) is 4.74 Å². The minimum Gasteiger partial charge on any atom is -0.504 e. The van der Waals surface area contributed by atoms with Crippen molar-refractivity contribution in [2.24, 2.45) is 0 Å². The number of hydrogen-bond acceptors (Lipinski definition) is 4. The second-order valence-electron chi connectivity index (χ2n) is 1.80. The van der Waals surface area contributed by atoms with Crippen LogP contribution >= 0.6 is 0 Å². The Bertz CT molecular complexity index is 273. The van der Waals surface area contributed by atoms with E-state index in [1.54, 1.807) is 0 Å². The van der Waals surface area contributed by atoms with Crippen LogP contribution in [0.3, 0.4) is 0 Å². The summed E-state index contributed by atoms with van der Waals surface area (Å²) in [4.78, 5) is 20.4. The highest BCUT2D eigenvalue weighted by Gasteiger charge is 2.19. The van der Waals surface area contributed by atoms with Crippen molar-refractivity contribution in [2.45, 2.75) is 0 Å². The molecule has 0 fully saturated rings. The van der Waals surface area contributed by atoms with Gasteiger partial charge in [0.1, 0.15) is 0 Å². The molecule has 0 aromatic rings. The van der Waals surface area contributed by atoms with E-state index >= 15 is 0 Å². The Morgan fingerprint density at radius 3 is 2.64 bits per heavy atom. The Balaban J connectivity index is 2.87. The number of hydrogen-bond donors (Lipinski definition) is 2. The summed E-state index contributed by atoms with van der Waals surface area (Å²) >= 11 is 0. The number of esters is 1. The first-order valence-electron chi connectivity index (χ1n) is 2.67. The molecule has 0 bridgehead atoms. The van der Waals surface area contributed by atoms with Crippen LogP contribution in [-0.4, -0.2) is 22.2 Å². The fraction of sp³-hybridized carbons (Fsp3) is 0. The van der Waals surface area contributed by atoms with Crippen molar-refractivity contribution in [1.29, 1.82) is 0 Å². The van der Waals surface area contributed by atoms with E-state index in [-0.39, 0.29) is 5.76 Å². The Morgan fingerprint density at radius 1 is 1.64 bits per heavy atom. The molecule has 0 aromatic carbocycles.